The lowest BCUT2D eigenvalue weighted by Gasteiger charge is -2.49. The average molecular weight is 395 g/mol. The Bertz CT molecular complexity index is 755. The van der Waals surface area contributed by atoms with Crippen LogP contribution in [0, 0.1) is 23.2 Å². The normalized spacial score (nSPS) is 31.0. The molecule has 1 fully saturated rings. The number of carbonyl (C=O) groups is 2. The van der Waals surface area contributed by atoms with Gasteiger partial charge in [-0.15, -0.1) is 0 Å². The Labute approximate surface area is 177 Å². The average Bonchev–Trinajstić information content (AvgIpc) is 2.68. The van der Waals surface area contributed by atoms with Gasteiger partial charge in [-0.05, 0) is 91.4 Å². The Morgan fingerprint density at radius 3 is 2.21 bits per heavy atom. The fourth-order valence-corrected chi connectivity index (χ4v) is 5.63. The molecule has 0 bridgehead atoms. The van der Waals surface area contributed by atoms with Crippen LogP contribution in [-0.4, -0.2) is 12.1 Å². The predicted molar refractivity (Wildman–Crippen MR) is 121 cm³/mol. The zero-order valence-corrected chi connectivity index (χ0v) is 18.8. The van der Waals surface area contributed by atoms with Gasteiger partial charge in [-0.25, -0.2) is 0 Å². The van der Waals surface area contributed by atoms with Gasteiger partial charge in [0.1, 0.15) is 12.1 Å². The van der Waals surface area contributed by atoms with E-state index in [1.54, 1.807) is 0 Å². The van der Waals surface area contributed by atoms with Crippen molar-refractivity contribution in [2.24, 2.45) is 23.2 Å². The summed E-state index contributed by atoms with van der Waals surface area (Å²) < 4.78 is 0. The van der Waals surface area contributed by atoms with Crippen molar-refractivity contribution < 1.29 is 9.59 Å². The Balaban J connectivity index is 1.71. The first-order valence-corrected chi connectivity index (χ1v) is 11.5. The summed E-state index contributed by atoms with van der Waals surface area (Å²) in [4.78, 5) is 25.8. The second-order valence-electron chi connectivity index (χ2n) is 10.1. The summed E-state index contributed by atoms with van der Waals surface area (Å²) in [5.41, 5.74) is 5.09. The van der Waals surface area contributed by atoms with Gasteiger partial charge in [-0.3, -0.25) is 4.79 Å². The minimum atomic E-state index is -0.439. The van der Waals surface area contributed by atoms with Gasteiger partial charge in [0.2, 0.25) is 0 Å². The predicted octanol–water partition coefficient (Wildman–Crippen LogP) is 6.93. The second kappa shape index (κ2) is 9.41. The molecule has 0 aliphatic heterocycles. The molecule has 2 heteroatoms. The molecule has 2 nitrogen and oxygen atoms in total. The minimum Gasteiger partial charge on any atom is -0.303 e. The molecule has 0 amide bonds. The molecule has 0 N–H and O–H groups in total. The zero-order valence-electron chi connectivity index (χ0n) is 18.8. The lowest BCUT2D eigenvalue weighted by Crippen LogP contribution is -2.50. The van der Waals surface area contributed by atoms with E-state index in [4.69, 9.17) is 0 Å². The molecule has 4 atom stereocenters. The maximum absolute atomic E-state index is 13.6. The van der Waals surface area contributed by atoms with E-state index in [0.717, 1.165) is 64.1 Å². The molecular formula is C27H38O2. The number of fused-ring (bicyclic) bond motifs is 2. The Morgan fingerprint density at radius 2 is 1.62 bits per heavy atom. The quantitative estimate of drug-likeness (QED) is 0.347. The smallest absolute Gasteiger partial charge is 0.140 e. The summed E-state index contributed by atoms with van der Waals surface area (Å²) in [6.45, 7) is 8.54. The van der Waals surface area contributed by atoms with Crippen LogP contribution in [0.25, 0.3) is 0 Å². The monoisotopic (exact) mass is 394 g/mol. The topological polar surface area (TPSA) is 34.1 Å². The Hall–Kier alpha value is -1.70. The van der Waals surface area contributed by atoms with Crippen molar-refractivity contribution >= 4 is 12.1 Å². The summed E-state index contributed by atoms with van der Waals surface area (Å²) in [5, 5.41) is 0. The molecule has 0 aromatic heterocycles. The first kappa shape index (κ1) is 22.0. The van der Waals surface area contributed by atoms with E-state index in [2.05, 4.69) is 52.0 Å². The van der Waals surface area contributed by atoms with Crippen LogP contribution in [0.3, 0.4) is 0 Å². The number of carbonyl (C=O) groups excluding carboxylic acids is 2. The lowest BCUT2D eigenvalue weighted by molar-refractivity contribution is -0.145. The van der Waals surface area contributed by atoms with E-state index in [0.29, 0.717) is 11.7 Å². The van der Waals surface area contributed by atoms with Crippen molar-refractivity contribution in [1.29, 1.82) is 0 Å². The third-order valence-electron chi connectivity index (χ3n) is 7.31. The first-order valence-electron chi connectivity index (χ1n) is 11.5. The number of aldehydes is 1. The fraction of sp³-hybridized carbons (Fsp3) is 0.630. The SMILES string of the molecule is CC(C)=CCCC1=CCC2CC3(C=O)CC=C(CCC=C(C)C)CC3C(=O)C2C1. The van der Waals surface area contributed by atoms with Crippen LogP contribution in [0.4, 0.5) is 0 Å². The third-order valence-corrected chi connectivity index (χ3v) is 7.31. The number of allylic oxidation sites excluding steroid dienone is 8. The summed E-state index contributed by atoms with van der Waals surface area (Å²) in [6.07, 6.45) is 18.9. The van der Waals surface area contributed by atoms with Crippen molar-refractivity contribution in [3.05, 3.63) is 46.6 Å². The van der Waals surface area contributed by atoms with Crippen LogP contribution < -0.4 is 0 Å². The van der Waals surface area contributed by atoms with Crippen molar-refractivity contribution in [2.45, 2.75) is 85.5 Å². The van der Waals surface area contributed by atoms with Crippen molar-refractivity contribution in [2.75, 3.05) is 0 Å². The molecule has 3 aliphatic rings. The number of Topliss-reactive ketones (excluding diaryl/α,β-unsaturated/α-hetero) is 1. The Morgan fingerprint density at radius 1 is 1.00 bits per heavy atom. The van der Waals surface area contributed by atoms with E-state index >= 15 is 0 Å². The molecule has 4 unspecified atom stereocenters. The highest BCUT2D eigenvalue weighted by molar-refractivity contribution is 5.90. The van der Waals surface area contributed by atoms with Gasteiger partial charge in [-0.1, -0.05) is 46.6 Å². The van der Waals surface area contributed by atoms with Crippen molar-refractivity contribution in [3.63, 3.8) is 0 Å². The van der Waals surface area contributed by atoms with Crippen LogP contribution in [-0.2, 0) is 9.59 Å². The fourth-order valence-electron chi connectivity index (χ4n) is 5.63. The lowest BCUT2D eigenvalue weighted by atomic mass is 9.52. The molecule has 0 spiro atoms. The van der Waals surface area contributed by atoms with E-state index in [-0.39, 0.29) is 11.8 Å². The van der Waals surface area contributed by atoms with E-state index in [1.165, 1.54) is 22.3 Å². The maximum Gasteiger partial charge on any atom is 0.140 e. The van der Waals surface area contributed by atoms with Gasteiger partial charge in [0.15, 0.2) is 0 Å². The second-order valence-corrected chi connectivity index (χ2v) is 10.1. The van der Waals surface area contributed by atoms with Gasteiger partial charge in [0.05, 0.1) is 0 Å². The molecule has 0 heterocycles. The molecule has 1 saturated carbocycles. The molecule has 0 aromatic rings. The summed E-state index contributed by atoms with van der Waals surface area (Å²) >= 11 is 0. The van der Waals surface area contributed by atoms with Crippen LogP contribution in [0.1, 0.15) is 85.5 Å². The molecule has 158 valence electrons. The van der Waals surface area contributed by atoms with Gasteiger partial charge in [0.25, 0.3) is 0 Å². The summed E-state index contributed by atoms with van der Waals surface area (Å²) in [5.74, 6) is 0.785. The van der Waals surface area contributed by atoms with Gasteiger partial charge < -0.3 is 4.79 Å². The van der Waals surface area contributed by atoms with Crippen LogP contribution in [0.15, 0.2) is 46.6 Å². The van der Waals surface area contributed by atoms with Crippen LogP contribution >= 0.6 is 0 Å². The highest BCUT2D eigenvalue weighted by Gasteiger charge is 2.53. The van der Waals surface area contributed by atoms with Crippen molar-refractivity contribution in [3.8, 4) is 0 Å². The highest BCUT2D eigenvalue weighted by Crippen LogP contribution is 2.54. The summed E-state index contributed by atoms with van der Waals surface area (Å²) in [7, 11) is 0. The third kappa shape index (κ3) is 5.08. The maximum atomic E-state index is 13.6. The van der Waals surface area contributed by atoms with Gasteiger partial charge >= 0.3 is 0 Å². The number of hydrogen-bond donors (Lipinski definition) is 0. The standard InChI is InChI=1S/C27H38O2/c1-19(2)7-5-9-21-11-12-23-17-27(18-28)14-13-22(10-6-8-20(3)4)16-25(27)26(29)24(23)15-21/h7-8,11,13,18,23-25H,5-6,9-10,12,14-17H2,1-4H3. The summed E-state index contributed by atoms with van der Waals surface area (Å²) in [6, 6.07) is 0. The van der Waals surface area contributed by atoms with Crippen LogP contribution in [0.5, 0.6) is 0 Å². The molecule has 0 radical (unpaired) electrons. The van der Waals surface area contributed by atoms with E-state index < -0.39 is 5.41 Å². The Kier molecular flexibility index (Phi) is 7.14. The van der Waals surface area contributed by atoms with Crippen LogP contribution in [0.2, 0.25) is 0 Å². The van der Waals surface area contributed by atoms with Gasteiger partial charge in [0, 0.05) is 17.3 Å². The number of rotatable bonds is 7. The molecule has 0 aromatic carbocycles. The molecule has 29 heavy (non-hydrogen) atoms. The molecule has 3 rings (SSSR count). The molecule has 0 saturated heterocycles. The minimum absolute atomic E-state index is 0.0925. The van der Waals surface area contributed by atoms with E-state index in [9.17, 15) is 9.59 Å². The largest absolute Gasteiger partial charge is 0.303 e. The first-order chi connectivity index (χ1) is 13.8. The molecule has 3 aliphatic carbocycles. The van der Waals surface area contributed by atoms with Gasteiger partial charge in [-0.2, -0.15) is 0 Å². The van der Waals surface area contributed by atoms with Crippen molar-refractivity contribution in [1.82, 2.24) is 0 Å². The van der Waals surface area contributed by atoms with E-state index in [1.807, 2.05) is 0 Å². The number of hydrogen-bond acceptors (Lipinski definition) is 2. The molecular weight excluding hydrogens is 356 g/mol. The number of ketones is 1. The highest BCUT2D eigenvalue weighted by atomic mass is 16.1. The zero-order chi connectivity index (χ0) is 21.0.